The highest BCUT2D eigenvalue weighted by Gasteiger charge is 2.26. The highest BCUT2D eigenvalue weighted by molar-refractivity contribution is 5.96. The zero-order valence-electron chi connectivity index (χ0n) is 11.0. The summed E-state index contributed by atoms with van der Waals surface area (Å²) in [4.78, 5) is 23.4. The summed E-state index contributed by atoms with van der Waals surface area (Å²) < 4.78 is 10.6. The third kappa shape index (κ3) is 2.10. The number of methoxy groups -OCH3 is 2. The van der Waals surface area contributed by atoms with E-state index in [1.165, 1.54) is 25.0 Å². The van der Waals surface area contributed by atoms with Crippen molar-refractivity contribution >= 4 is 23.0 Å². The Bertz CT molecular complexity index is 712. The molecule has 0 spiro atoms. The number of fused-ring (bicyclic) bond motifs is 1. The van der Waals surface area contributed by atoms with Crippen molar-refractivity contribution in [3.05, 3.63) is 36.0 Å². The van der Waals surface area contributed by atoms with Gasteiger partial charge in [0.2, 0.25) is 0 Å². The zero-order valence-corrected chi connectivity index (χ0v) is 11.0. The predicted molar refractivity (Wildman–Crippen MR) is 70.1 cm³/mol. The Labute approximate surface area is 115 Å². The van der Waals surface area contributed by atoms with Crippen LogP contribution in [0.15, 0.2) is 30.5 Å². The molecule has 6 nitrogen and oxygen atoms in total. The van der Waals surface area contributed by atoms with Crippen LogP contribution in [0.25, 0.3) is 10.9 Å². The van der Waals surface area contributed by atoms with Crippen molar-refractivity contribution in [1.29, 1.82) is 5.26 Å². The Balaban J connectivity index is 2.68. The Morgan fingerprint density at radius 2 is 1.95 bits per heavy atom. The number of nitriles is 1. The van der Waals surface area contributed by atoms with Gasteiger partial charge < -0.3 is 9.47 Å². The summed E-state index contributed by atoms with van der Waals surface area (Å²) >= 11 is 0. The van der Waals surface area contributed by atoms with Crippen molar-refractivity contribution in [3.63, 3.8) is 0 Å². The minimum atomic E-state index is -1.09. The fourth-order valence-electron chi connectivity index (χ4n) is 2.05. The molecule has 1 aromatic carbocycles. The number of benzene rings is 1. The number of nitrogens with zero attached hydrogens (tertiary/aromatic N) is 2. The van der Waals surface area contributed by atoms with Crippen LogP contribution in [-0.4, -0.2) is 30.8 Å². The van der Waals surface area contributed by atoms with E-state index in [-0.39, 0.29) is 0 Å². The third-order valence-corrected chi connectivity index (χ3v) is 2.99. The van der Waals surface area contributed by atoms with Gasteiger partial charge in [-0.05, 0) is 6.07 Å². The lowest BCUT2D eigenvalue weighted by Gasteiger charge is -2.04. The summed E-state index contributed by atoms with van der Waals surface area (Å²) in [5.41, 5.74) is 0.985. The number of hydrogen-bond acceptors (Lipinski definition) is 5. The van der Waals surface area contributed by atoms with Gasteiger partial charge in [0.15, 0.2) is 5.92 Å². The van der Waals surface area contributed by atoms with Crippen LogP contribution in [0.2, 0.25) is 0 Å². The maximum Gasteiger partial charge on any atom is 0.418 e. The predicted octanol–water partition coefficient (Wildman–Crippen LogP) is 2.04. The highest BCUT2D eigenvalue weighted by atomic mass is 16.5. The Morgan fingerprint density at radius 3 is 2.55 bits per heavy atom. The Morgan fingerprint density at radius 1 is 1.25 bits per heavy atom. The molecule has 0 radical (unpaired) electrons. The van der Waals surface area contributed by atoms with Crippen LogP contribution in [-0.2, 0) is 14.3 Å². The van der Waals surface area contributed by atoms with Crippen LogP contribution in [0.3, 0.4) is 0 Å². The van der Waals surface area contributed by atoms with Gasteiger partial charge in [-0.25, -0.2) is 4.79 Å². The molecular formula is C14H12N2O4. The van der Waals surface area contributed by atoms with Crippen molar-refractivity contribution in [2.24, 2.45) is 0 Å². The lowest BCUT2D eigenvalue weighted by molar-refractivity contribution is -0.140. The van der Waals surface area contributed by atoms with Crippen molar-refractivity contribution in [3.8, 4) is 6.07 Å². The van der Waals surface area contributed by atoms with Gasteiger partial charge in [0, 0.05) is 17.1 Å². The van der Waals surface area contributed by atoms with Crippen molar-refractivity contribution in [1.82, 2.24) is 4.57 Å². The van der Waals surface area contributed by atoms with Crippen LogP contribution >= 0.6 is 0 Å². The second-order valence-corrected chi connectivity index (χ2v) is 4.03. The molecule has 0 saturated carbocycles. The van der Waals surface area contributed by atoms with Gasteiger partial charge >= 0.3 is 12.1 Å². The van der Waals surface area contributed by atoms with Crippen molar-refractivity contribution < 1.29 is 19.1 Å². The monoisotopic (exact) mass is 272 g/mol. The van der Waals surface area contributed by atoms with Crippen LogP contribution in [0.5, 0.6) is 0 Å². The molecule has 0 amide bonds. The van der Waals surface area contributed by atoms with E-state index < -0.39 is 18.0 Å². The molecule has 0 fully saturated rings. The highest BCUT2D eigenvalue weighted by Crippen LogP contribution is 2.28. The van der Waals surface area contributed by atoms with Gasteiger partial charge in [-0.15, -0.1) is 0 Å². The lowest BCUT2D eigenvalue weighted by atomic mass is 10.0. The molecule has 20 heavy (non-hydrogen) atoms. The average molecular weight is 272 g/mol. The van der Waals surface area contributed by atoms with Gasteiger partial charge in [-0.2, -0.15) is 5.26 Å². The molecule has 0 bridgehead atoms. The first-order valence-corrected chi connectivity index (χ1v) is 5.79. The number of carbonyl (C=O) groups is 2. The van der Waals surface area contributed by atoms with Crippen LogP contribution in [0.4, 0.5) is 4.79 Å². The Kier molecular flexibility index (Phi) is 3.71. The van der Waals surface area contributed by atoms with Gasteiger partial charge in [-0.1, -0.05) is 18.2 Å². The molecule has 1 heterocycles. The molecular weight excluding hydrogens is 260 g/mol. The molecule has 0 N–H and O–H groups in total. The fourth-order valence-corrected chi connectivity index (χ4v) is 2.05. The van der Waals surface area contributed by atoms with E-state index in [9.17, 15) is 9.59 Å². The average Bonchev–Trinajstić information content (AvgIpc) is 2.87. The molecule has 1 aromatic heterocycles. The standard InChI is InChI=1S/C14H12N2O4/c1-19-13(17)10(7-15)11-8-16(14(18)20-2)12-6-4-3-5-9(11)12/h3-6,8,10H,1-2H3. The van der Waals surface area contributed by atoms with Crippen molar-refractivity contribution in [2.45, 2.75) is 5.92 Å². The second kappa shape index (κ2) is 5.45. The first-order valence-electron chi connectivity index (χ1n) is 5.79. The normalized spacial score (nSPS) is 11.7. The molecule has 0 aliphatic rings. The molecule has 6 heteroatoms. The van der Waals surface area contributed by atoms with Crippen LogP contribution in [0, 0.1) is 11.3 Å². The van der Waals surface area contributed by atoms with E-state index >= 15 is 0 Å². The number of esters is 1. The van der Waals surface area contributed by atoms with E-state index in [0.717, 1.165) is 0 Å². The molecule has 2 aromatic rings. The summed E-state index contributed by atoms with van der Waals surface area (Å²) in [5.74, 6) is -1.75. The topological polar surface area (TPSA) is 81.3 Å². The second-order valence-electron chi connectivity index (χ2n) is 4.03. The van der Waals surface area contributed by atoms with E-state index in [0.29, 0.717) is 16.5 Å². The molecule has 0 saturated heterocycles. The first kappa shape index (κ1) is 13.6. The number of rotatable bonds is 2. The number of hydrogen-bond donors (Lipinski definition) is 0. The molecule has 0 aliphatic carbocycles. The minimum Gasteiger partial charge on any atom is -0.468 e. The summed E-state index contributed by atoms with van der Waals surface area (Å²) in [6.45, 7) is 0. The van der Waals surface area contributed by atoms with Crippen LogP contribution < -0.4 is 0 Å². The SMILES string of the molecule is COC(=O)C(C#N)c1cn(C(=O)OC)c2ccccc12. The van der Waals surface area contributed by atoms with E-state index in [1.54, 1.807) is 24.3 Å². The summed E-state index contributed by atoms with van der Waals surface area (Å²) in [5, 5.41) is 9.80. The number of para-hydroxylation sites is 1. The van der Waals surface area contributed by atoms with E-state index in [4.69, 9.17) is 5.26 Å². The maximum atomic E-state index is 11.7. The number of aromatic nitrogens is 1. The van der Waals surface area contributed by atoms with Crippen LogP contribution in [0.1, 0.15) is 11.5 Å². The first-order chi connectivity index (χ1) is 9.63. The van der Waals surface area contributed by atoms with Gasteiger partial charge in [0.05, 0.1) is 25.8 Å². The van der Waals surface area contributed by atoms with E-state index in [1.807, 2.05) is 6.07 Å². The van der Waals surface area contributed by atoms with Gasteiger partial charge in [-0.3, -0.25) is 9.36 Å². The van der Waals surface area contributed by atoms with Gasteiger partial charge in [0.1, 0.15) is 0 Å². The minimum absolute atomic E-state index is 0.417. The number of carbonyl (C=O) groups excluding carboxylic acids is 2. The largest absolute Gasteiger partial charge is 0.468 e. The third-order valence-electron chi connectivity index (χ3n) is 2.99. The van der Waals surface area contributed by atoms with E-state index in [2.05, 4.69) is 9.47 Å². The smallest absolute Gasteiger partial charge is 0.418 e. The summed E-state index contributed by atoms with van der Waals surface area (Å²) in [7, 11) is 2.48. The van der Waals surface area contributed by atoms with Crippen molar-refractivity contribution in [2.75, 3.05) is 14.2 Å². The molecule has 2 rings (SSSR count). The molecule has 0 aliphatic heterocycles. The molecule has 1 atom stereocenters. The zero-order chi connectivity index (χ0) is 14.7. The molecule has 1 unspecified atom stereocenters. The number of ether oxygens (including phenoxy) is 2. The van der Waals surface area contributed by atoms with Gasteiger partial charge in [0.25, 0.3) is 0 Å². The Hall–Kier alpha value is -2.81. The quantitative estimate of drug-likeness (QED) is 0.781. The summed E-state index contributed by atoms with van der Waals surface area (Å²) in [6.07, 6.45) is 0.843. The fraction of sp³-hybridized carbons (Fsp3) is 0.214. The lowest BCUT2D eigenvalue weighted by Crippen LogP contribution is -2.13. The molecule has 102 valence electrons. The summed E-state index contributed by atoms with van der Waals surface area (Å²) in [6, 6.07) is 8.85. The maximum absolute atomic E-state index is 11.7.